The molecule has 1 saturated heterocycles. The topological polar surface area (TPSA) is 32.3 Å². The fraction of sp³-hybridized carbons (Fsp3) is 0.500. The van der Waals surface area contributed by atoms with Crippen LogP contribution in [-0.2, 0) is 4.79 Å². The molecule has 1 aromatic carbocycles. The van der Waals surface area contributed by atoms with E-state index in [4.69, 9.17) is 0 Å². The molecule has 1 atom stereocenters. The zero-order valence-electron chi connectivity index (χ0n) is 10.9. The average molecular weight is 311 g/mol. The third-order valence-electron chi connectivity index (χ3n) is 3.34. The number of amides is 1. The van der Waals surface area contributed by atoms with Crippen molar-refractivity contribution < 1.29 is 4.79 Å². The van der Waals surface area contributed by atoms with Gasteiger partial charge in [-0.1, -0.05) is 28.9 Å². The summed E-state index contributed by atoms with van der Waals surface area (Å²) in [7, 11) is 0. The maximum Gasteiger partial charge on any atom is 0.231 e. The normalized spacial score (nSPS) is 21.6. The lowest BCUT2D eigenvalue weighted by atomic mass is 10.1. The maximum atomic E-state index is 12.4. The second-order valence-electron chi connectivity index (χ2n) is 4.88. The summed E-state index contributed by atoms with van der Waals surface area (Å²) < 4.78 is 1.06. The van der Waals surface area contributed by atoms with Crippen molar-refractivity contribution in [3.8, 4) is 0 Å². The fourth-order valence-corrected chi connectivity index (χ4v) is 2.52. The van der Waals surface area contributed by atoms with Gasteiger partial charge in [-0.2, -0.15) is 0 Å². The molecule has 1 fully saturated rings. The number of nitrogens with one attached hydrogen (secondary N) is 1. The lowest BCUT2D eigenvalue weighted by molar-refractivity contribution is -0.122. The summed E-state index contributed by atoms with van der Waals surface area (Å²) in [6.45, 7) is 6.56. The van der Waals surface area contributed by atoms with E-state index in [1.807, 2.05) is 30.0 Å². The van der Waals surface area contributed by atoms with Gasteiger partial charge in [-0.05, 0) is 37.6 Å². The highest BCUT2D eigenvalue weighted by molar-refractivity contribution is 9.10. The SMILES string of the molecule is Cc1ccc(N2CCCNCC(C)C2=O)cc1Br. The lowest BCUT2D eigenvalue weighted by Crippen LogP contribution is -2.43. The molecule has 0 aromatic heterocycles. The molecule has 0 radical (unpaired) electrons. The molecule has 1 N–H and O–H groups in total. The standard InChI is InChI=1S/C14H19BrN2O/c1-10-4-5-12(8-13(10)15)17-7-3-6-16-9-11(2)14(17)18/h4-5,8,11,16H,3,6-7,9H2,1-2H3. The van der Waals surface area contributed by atoms with Crippen molar-refractivity contribution in [2.75, 3.05) is 24.5 Å². The average Bonchev–Trinajstić information content (AvgIpc) is 2.34. The summed E-state index contributed by atoms with van der Waals surface area (Å²) in [5, 5.41) is 3.30. The van der Waals surface area contributed by atoms with Gasteiger partial charge in [0.25, 0.3) is 0 Å². The second kappa shape index (κ2) is 5.85. The summed E-state index contributed by atoms with van der Waals surface area (Å²) in [5.41, 5.74) is 2.18. The van der Waals surface area contributed by atoms with Crippen molar-refractivity contribution in [2.45, 2.75) is 20.3 Å². The molecule has 98 valence electrons. The number of anilines is 1. The number of carbonyl (C=O) groups excluding carboxylic acids is 1. The fourth-order valence-electron chi connectivity index (χ4n) is 2.15. The predicted octanol–water partition coefficient (Wildman–Crippen LogP) is 2.72. The Morgan fingerprint density at radius 2 is 2.22 bits per heavy atom. The van der Waals surface area contributed by atoms with Gasteiger partial charge in [-0.15, -0.1) is 0 Å². The Labute approximate surface area is 117 Å². The van der Waals surface area contributed by atoms with Gasteiger partial charge in [0.2, 0.25) is 5.91 Å². The lowest BCUT2D eigenvalue weighted by Gasteiger charge is -2.29. The molecule has 1 aliphatic heterocycles. The third kappa shape index (κ3) is 2.93. The van der Waals surface area contributed by atoms with Crippen molar-refractivity contribution in [1.82, 2.24) is 5.32 Å². The van der Waals surface area contributed by atoms with E-state index >= 15 is 0 Å². The molecule has 18 heavy (non-hydrogen) atoms. The first-order valence-corrected chi connectivity index (χ1v) is 7.17. The van der Waals surface area contributed by atoms with Gasteiger partial charge in [0.15, 0.2) is 0 Å². The highest BCUT2D eigenvalue weighted by Gasteiger charge is 2.23. The molecule has 4 heteroatoms. The second-order valence-corrected chi connectivity index (χ2v) is 5.74. The van der Waals surface area contributed by atoms with E-state index in [-0.39, 0.29) is 11.8 Å². The minimum absolute atomic E-state index is 0.0328. The van der Waals surface area contributed by atoms with E-state index in [9.17, 15) is 4.79 Å². The number of hydrogen-bond acceptors (Lipinski definition) is 2. The Bertz CT molecular complexity index is 447. The highest BCUT2D eigenvalue weighted by atomic mass is 79.9. The molecule has 0 aliphatic carbocycles. The molecule has 0 bridgehead atoms. The van der Waals surface area contributed by atoms with Crippen molar-refractivity contribution >= 4 is 27.5 Å². The Morgan fingerprint density at radius 1 is 1.44 bits per heavy atom. The van der Waals surface area contributed by atoms with E-state index in [2.05, 4.69) is 28.2 Å². The summed E-state index contributed by atoms with van der Waals surface area (Å²) in [6, 6.07) is 6.11. The number of aryl methyl sites for hydroxylation is 1. The van der Waals surface area contributed by atoms with Gasteiger partial charge in [-0.25, -0.2) is 0 Å². The molecule has 1 aromatic rings. The Balaban J connectivity index is 2.27. The molecule has 0 spiro atoms. The van der Waals surface area contributed by atoms with Gasteiger partial charge < -0.3 is 10.2 Å². The zero-order chi connectivity index (χ0) is 13.1. The number of hydrogen-bond donors (Lipinski definition) is 1. The van der Waals surface area contributed by atoms with Crippen LogP contribution in [0.1, 0.15) is 18.9 Å². The van der Waals surface area contributed by atoms with Crippen LogP contribution in [0.2, 0.25) is 0 Å². The summed E-state index contributed by atoms with van der Waals surface area (Å²) in [6.07, 6.45) is 0.990. The zero-order valence-corrected chi connectivity index (χ0v) is 12.5. The smallest absolute Gasteiger partial charge is 0.231 e. The number of halogens is 1. The van der Waals surface area contributed by atoms with Crippen LogP contribution in [0.5, 0.6) is 0 Å². The molecule has 1 unspecified atom stereocenters. The summed E-state index contributed by atoms with van der Waals surface area (Å²) >= 11 is 3.53. The molecule has 1 amide bonds. The van der Waals surface area contributed by atoms with E-state index in [0.29, 0.717) is 0 Å². The predicted molar refractivity (Wildman–Crippen MR) is 77.9 cm³/mol. The van der Waals surface area contributed by atoms with Gasteiger partial charge in [0.05, 0.1) is 0 Å². The first-order chi connectivity index (χ1) is 8.59. The van der Waals surface area contributed by atoms with Crippen LogP contribution in [0.3, 0.4) is 0 Å². The number of rotatable bonds is 1. The molecular formula is C14H19BrN2O. The van der Waals surface area contributed by atoms with Crippen molar-refractivity contribution in [3.63, 3.8) is 0 Å². The maximum absolute atomic E-state index is 12.4. The molecule has 1 heterocycles. The van der Waals surface area contributed by atoms with Crippen LogP contribution >= 0.6 is 15.9 Å². The minimum Gasteiger partial charge on any atom is -0.316 e. The van der Waals surface area contributed by atoms with E-state index in [1.54, 1.807) is 0 Å². The van der Waals surface area contributed by atoms with E-state index in [1.165, 1.54) is 5.56 Å². The summed E-state index contributed by atoms with van der Waals surface area (Å²) in [4.78, 5) is 14.3. The monoisotopic (exact) mass is 310 g/mol. The van der Waals surface area contributed by atoms with E-state index < -0.39 is 0 Å². The van der Waals surface area contributed by atoms with Crippen molar-refractivity contribution in [2.24, 2.45) is 5.92 Å². The quantitative estimate of drug-likeness (QED) is 0.865. The first kappa shape index (κ1) is 13.6. The van der Waals surface area contributed by atoms with Gasteiger partial charge in [-0.3, -0.25) is 4.79 Å². The Kier molecular flexibility index (Phi) is 4.40. The van der Waals surface area contributed by atoms with Crippen LogP contribution in [0, 0.1) is 12.8 Å². The molecule has 0 saturated carbocycles. The van der Waals surface area contributed by atoms with Crippen LogP contribution in [0.4, 0.5) is 5.69 Å². The molecule has 3 nitrogen and oxygen atoms in total. The van der Waals surface area contributed by atoms with Gasteiger partial charge in [0, 0.05) is 29.2 Å². The number of benzene rings is 1. The number of nitrogens with zero attached hydrogens (tertiary/aromatic N) is 1. The number of carbonyl (C=O) groups is 1. The Morgan fingerprint density at radius 3 is 2.94 bits per heavy atom. The first-order valence-electron chi connectivity index (χ1n) is 6.38. The van der Waals surface area contributed by atoms with Crippen LogP contribution in [0.25, 0.3) is 0 Å². The molecule has 2 rings (SSSR count). The van der Waals surface area contributed by atoms with E-state index in [0.717, 1.165) is 36.2 Å². The van der Waals surface area contributed by atoms with Crippen LogP contribution in [-0.4, -0.2) is 25.5 Å². The van der Waals surface area contributed by atoms with Crippen molar-refractivity contribution in [3.05, 3.63) is 28.2 Å². The largest absolute Gasteiger partial charge is 0.316 e. The van der Waals surface area contributed by atoms with Crippen LogP contribution < -0.4 is 10.2 Å². The minimum atomic E-state index is 0.0328. The van der Waals surface area contributed by atoms with Gasteiger partial charge in [0.1, 0.15) is 0 Å². The summed E-state index contributed by atoms with van der Waals surface area (Å²) in [5.74, 6) is 0.239. The molecule has 1 aliphatic rings. The van der Waals surface area contributed by atoms with Crippen LogP contribution in [0.15, 0.2) is 22.7 Å². The highest BCUT2D eigenvalue weighted by Crippen LogP contribution is 2.25. The van der Waals surface area contributed by atoms with Crippen molar-refractivity contribution in [1.29, 1.82) is 0 Å². The molecular weight excluding hydrogens is 292 g/mol. The van der Waals surface area contributed by atoms with Gasteiger partial charge >= 0.3 is 0 Å². The Hall–Kier alpha value is -0.870. The third-order valence-corrected chi connectivity index (χ3v) is 4.19.